The minimum atomic E-state index is -4.22. The molecule has 0 saturated carbocycles. The van der Waals surface area contributed by atoms with Crippen LogP contribution in [0.1, 0.15) is 10.5 Å². The van der Waals surface area contributed by atoms with E-state index in [1.165, 1.54) is 31.3 Å². The highest BCUT2D eigenvalue weighted by molar-refractivity contribution is 7.90. The molecule has 0 bridgehead atoms. The lowest BCUT2D eigenvalue weighted by atomic mass is 10.2. The van der Waals surface area contributed by atoms with Crippen molar-refractivity contribution in [3.8, 4) is 11.4 Å². The Bertz CT molecular complexity index is 1160. The number of imidazole rings is 1. The predicted molar refractivity (Wildman–Crippen MR) is 94.6 cm³/mol. The molecule has 0 spiro atoms. The summed E-state index contributed by atoms with van der Waals surface area (Å²) in [5, 5.41) is 0.308. The summed E-state index contributed by atoms with van der Waals surface area (Å²) < 4.78 is 68.5. The largest absolute Gasteiger partial charge is 0.333 e. The molecule has 0 aliphatic carbocycles. The van der Waals surface area contributed by atoms with Gasteiger partial charge in [0.15, 0.2) is 0 Å². The van der Waals surface area contributed by atoms with Crippen LogP contribution >= 0.6 is 11.6 Å². The molecule has 0 radical (unpaired) electrons. The molecule has 3 rings (SSSR count). The Morgan fingerprint density at radius 1 is 1.11 bits per heavy atom. The van der Waals surface area contributed by atoms with Crippen LogP contribution < -0.4 is 4.72 Å². The zero-order chi connectivity index (χ0) is 20.6. The molecule has 1 amide bonds. The second-order valence-corrected chi connectivity index (χ2v) is 7.81. The van der Waals surface area contributed by atoms with E-state index in [4.69, 9.17) is 11.6 Å². The zero-order valence-corrected chi connectivity index (χ0v) is 15.7. The lowest BCUT2D eigenvalue weighted by Gasteiger charge is -2.05. The molecule has 2 aromatic carbocycles. The highest BCUT2D eigenvalue weighted by Gasteiger charge is 2.24. The Kier molecular flexibility index (Phi) is 5.18. The van der Waals surface area contributed by atoms with Crippen molar-refractivity contribution in [2.45, 2.75) is 4.90 Å². The number of halogens is 4. The summed E-state index contributed by atoms with van der Waals surface area (Å²) in [5.74, 6) is -4.97. The third-order valence-corrected chi connectivity index (χ3v) is 5.29. The average Bonchev–Trinajstić information content (AvgIpc) is 2.96. The molecule has 3 aromatic rings. The van der Waals surface area contributed by atoms with Gasteiger partial charge < -0.3 is 4.57 Å². The van der Waals surface area contributed by atoms with Gasteiger partial charge in [-0.3, -0.25) is 4.79 Å². The third-order valence-electron chi connectivity index (χ3n) is 3.69. The molecule has 0 unspecified atom stereocenters. The Morgan fingerprint density at radius 2 is 1.68 bits per heavy atom. The first-order valence-corrected chi connectivity index (χ1v) is 9.45. The predicted octanol–water partition coefficient (Wildman–Crippen LogP) is 3.28. The summed E-state index contributed by atoms with van der Waals surface area (Å²) in [6, 6.07) is 6.00. The molecular weight excluding hydrogens is 419 g/mol. The van der Waals surface area contributed by atoms with E-state index in [9.17, 15) is 26.4 Å². The van der Waals surface area contributed by atoms with Crippen LogP contribution in [0, 0.1) is 17.5 Å². The highest BCUT2D eigenvalue weighted by atomic mass is 35.5. The first kappa shape index (κ1) is 19.9. The number of carbonyl (C=O) groups is 1. The third kappa shape index (κ3) is 3.87. The second kappa shape index (κ2) is 7.28. The van der Waals surface area contributed by atoms with Crippen LogP contribution in [0.2, 0.25) is 5.02 Å². The van der Waals surface area contributed by atoms with Gasteiger partial charge in [-0.1, -0.05) is 11.6 Å². The van der Waals surface area contributed by atoms with Crippen molar-refractivity contribution in [3.63, 3.8) is 0 Å². The monoisotopic (exact) mass is 429 g/mol. The van der Waals surface area contributed by atoms with Gasteiger partial charge in [-0.25, -0.2) is 31.3 Å². The van der Waals surface area contributed by atoms with Gasteiger partial charge in [-0.15, -0.1) is 0 Å². The number of hydrogen-bond donors (Lipinski definition) is 1. The van der Waals surface area contributed by atoms with E-state index < -0.39 is 44.6 Å². The summed E-state index contributed by atoms with van der Waals surface area (Å²) in [5.41, 5.74) is -1.05. The lowest BCUT2D eigenvalue weighted by Crippen LogP contribution is -2.30. The van der Waals surface area contributed by atoms with Crippen molar-refractivity contribution in [1.29, 1.82) is 0 Å². The van der Waals surface area contributed by atoms with Crippen molar-refractivity contribution in [2.24, 2.45) is 7.05 Å². The number of rotatable bonds is 4. The van der Waals surface area contributed by atoms with E-state index >= 15 is 0 Å². The van der Waals surface area contributed by atoms with Crippen LogP contribution in [0.3, 0.4) is 0 Å². The summed E-state index contributed by atoms with van der Waals surface area (Å²) >= 11 is 5.70. The number of carbonyl (C=O) groups excluding carboxylic acids is 1. The first-order valence-electron chi connectivity index (χ1n) is 7.59. The van der Waals surface area contributed by atoms with Crippen molar-refractivity contribution in [1.82, 2.24) is 14.3 Å². The van der Waals surface area contributed by atoms with Crippen LogP contribution in [-0.2, 0) is 17.1 Å². The van der Waals surface area contributed by atoms with E-state index in [2.05, 4.69) is 4.98 Å². The molecule has 146 valence electrons. The Hall–Kier alpha value is -2.85. The van der Waals surface area contributed by atoms with Crippen molar-refractivity contribution in [2.75, 3.05) is 0 Å². The fraction of sp³-hybridized carbons (Fsp3) is 0.0588. The number of nitrogens with one attached hydrogen (secondary N) is 1. The summed E-state index contributed by atoms with van der Waals surface area (Å²) in [7, 11) is -2.88. The molecule has 0 aliphatic heterocycles. The van der Waals surface area contributed by atoms with E-state index in [-0.39, 0.29) is 10.7 Å². The number of nitrogens with zero attached hydrogens (tertiary/aromatic N) is 2. The Balaban J connectivity index is 1.93. The van der Waals surface area contributed by atoms with E-state index in [0.29, 0.717) is 17.2 Å². The maximum atomic E-state index is 14.0. The van der Waals surface area contributed by atoms with Gasteiger partial charge in [-0.05, 0) is 24.3 Å². The zero-order valence-electron chi connectivity index (χ0n) is 14.1. The standard InChI is InChI=1S/C17H11ClF3N3O3S/c1-24-8-14(22-16(24)15-12(20)6-10(19)7-13(15)21)17(25)23-28(26,27)11-4-2-9(18)3-5-11/h2-8H,1H3,(H,23,25). The van der Waals surface area contributed by atoms with Crippen LogP contribution in [0.4, 0.5) is 13.2 Å². The van der Waals surface area contributed by atoms with Crippen LogP contribution in [0.15, 0.2) is 47.5 Å². The number of amides is 1. The van der Waals surface area contributed by atoms with E-state index in [0.717, 1.165) is 10.8 Å². The van der Waals surface area contributed by atoms with Gasteiger partial charge >= 0.3 is 0 Å². The SMILES string of the molecule is Cn1cc(C(=O)NS(=O)(=O)c2ccc(Cl)cc2)nc1-c1c(F)cc(F)cc1F. The summed E-state index contributed by atoms with van der Waals surface area (Å²) in [6.07, 6.45) is 1.09. The molecule has 1 N–H and O–H groups in total. The maximum Gasteiger partial charge on any atom is 0.285 e. The van der Waals surface area contributed by atoms with Crippen molar-refractivity contribution < 1.29 is 26.4 Å². The Morgan fingerprint density at radius 3 is 2.25 bits per heavy atom. The molecule has 0 fully saturated rings. The first-order chi connectivity index (χ1) is 13.1. The molecule has 1 heterocycles. The van der Waals surface area contributed by atoms with Crippen molar-refractivity contribution >= 4 is 27.5 Å². The number of aryl methyl sites for hydroxylation is 1. The summed E-state index contributed by atoms with van der Waals surface area (Å²) in [6.45, 7) is 0. The molecule has 0 saturated heterocycles. The van der Waals surface area contributed by atoms with Crippen LogP contribution in [-0.4, -0.2) is 23.9 Å². The number of benzene rings is 2. The molecule has 6 nitrogen and oxygen atoms in total. The van der Waals surface area contributed by atoms with Crippen LogP contribution in [0.25, 0.3) is 11.4 Å². The van der Waals surface area contributed by atoms with E-state index in [1.54, 1.807) is 4.72 Å². The number of sulfonamides is 1. The molecule has 0 aliphatic rings. The normalized spacial score (nSPS) is 11.5. The molecule has 0 atom stereocenters. The fourth-order valence-electron chi connectivity index (χ4n) is 2.41. The molecule has 11 heteroatoms. The van der Waals surface area contributed by atoms with Gasteiger partial charge in [0.25, 0.3) is 15.9 Å². The van der Waals surface area contributed by atoms with Crippen molar-refractivity contribution in [3.05, 3.63) is 70.8 Å². The maximum absolute atomic E-state index is 14.0. The van der Waals surface area contributed by atoms with Gasteiger partial charge in [0.05, 0.1) is 10.5 Å². The van der Waals surface area contributed by atoms with Gasteiger partial charge in [-0.2, -0.15) is 0 Å². The van der Waals surface area contributed by atoms with Gasteiger partial charge in [0.1, 0.15) is 29.0 Å². The Labute approximate surface area is 162 Å². The summed E-state index contributed by atoms with van der Waals surface area (Å²) in [4.78, 5) is 15.9. The van der Waals surface area contributed by atoms with Gasteiger partial charge in [0, 0.05) is 30.4 Å². The topological polar surface area (TPSA) is 81.1 Å². The molecular formula is C17H11ClF3N3O3S. The number of aromatic nitrogens is 2. The minimum Gasteiger partial charge on any atom is -0.333 e. The highest BCUT2D eigenvalue weighted by Crippen LogP contribution is 2.26. The average molecular weight is 430 g/mol. The van der Waals surface area contributed by atoms with E-state index in [1.807, 2.05) is 0 Å². The fourth-order valence-corrected chi connectivity index (χ4v) is 3.50. The molecule has 1 aromatic heterocycles. The molecule has 28 heavy (non-hydrogen) atoms. The minimum absolute atomic E-state index is 0.211. The van der Waals surface area contributed by atoms with Crippen LogP contribution in [0.5, 0.6) is 0 Å². The second-order valence-electron chi connectivity index (χ2n) is 5.69. The smallest absolute Gasteiger partial charge is 0.285 e. The lowest BCUT2D eigenvalue weighted by molar-refractivity contribution is 0.0977. The quantitative estimate of drug-likeness (QED) is 0.690. The number of hydrogen-bond acceptors (Lipinski definition) is 4. The van der Waals surface area contributed by atoms with Gasteiger partial charge in [0.2, 0.25) is 0 Å².